The number of benzene rings is 2. The van der Waals surface area contributed by atoms with E-state index in [4.69, 9.17) is 22.1 Å². The van der Waals surface area contributed by atoms with Gasteiger partial charge in [-0.3, -0.25) is 10.1 Å². The van der Waals surface area contributed by atoms with Crippen molar-refractivity contribution in [3.8, 4) is 0 Å². The highest BCUT2D eigenvalue weighted by molar-refractivity contribution is 6.33. The Labute approximate surface area is 167 Å². The summed E-state index contributed by atoms with van der Waals surface area (Å²) in [4.78, 5) is 34.2. The molecule has 0 bridgehead atoms. The highest BCUT2D eigenvalue weighted by Gasteiger charge is 2.18. The lowest BCUT2D eigenvalue weighted by atomic mass is 10.2. The highest BCUT2D eigenvalue weighted by Crippen LogP contribution is 2.23. The van der Waals surface area contributed by atoms with Crippen molar-refractivity contribution in [1.82, 2.24) is 15.0 Å². The van der Waals surface area contributed by atoms with Gasteiger partial charge in [-0.05, 0) is 30.3 Å². The summed E-state index contributed by atoms with van der Waals surface area (Å²) >= 11 is 5.91. The van der Waals surface area contributed by atoms with E-state index in [0.29, 0.717) is 5.69 Å². The number of carbonyl (C=O) groups excluding carboxylic acids is 1. The Balaban J connectivity index is 1.73. The summed E-state index contributed by atoms with van der Waals surface area (Å²) in [5.41, 5.74) is 5.65. The van der Waals surface area contributed by atoms with Crippen LogP contribution in [0.2, 0.25) is 5.02 Å². The average Bonchev–Trinajstić information content (AvgIpc) is 2.67. The summed E-state index contributed by atoms with van der Waals surface area (Å²) in [6, 6.07) is 8.84. The number of nitro benzene ring substituents is 1. The maximum Gasteiger partial charge on any atom is 0.340 e. The maximum atomic E-state index is 13.0. The van der Waals surface area contributed by atoms with Crippen molar-refractivity contribution >= 4 is 40.8 Å². The van der Waals surface area contributed by atoms with Crippen LogP contribution in [0.3, 0.4) is 0 Å². The van der Waals surface area contributed by atoms with Gasteiger partial charge in [-0.1, -0.05) is 11.6 Å². The Kier molecular flexibility index (Phi) is 5.79. The highest BCUT2D eigenvalue weighted by atomic mass is 35.5. The Hall–Kier alpha value is -3.86. The van der Waals surface area contributed by atoms with E-state index in [1.165, 1.54) is 36.4 Å². The van der Waals surface area contributed by atoms with Crippen molar-refractivity contribution in [3.05, 3.63) is 74.8 Å². The Morgan fingerprint density at radius 2 is 1.93 bits per heavy atom. The smallest absolute Gasteiger partial charge is 0.340 e. The van der Waals surface area contributed by atoms with Crippen molar-refractivity contribution in [2.24, 2.45) is 0 Å². The van der Waals surface area contributed by atoms with Crippen LogP contribution in [0.4, 0.5) is 27.7 Å². The van der Waals surface area contributed by atoms with Gasteiger partial charge in [-0.15, -0.1) is 0 Å². The quantitative estimate of drug-likeness (QED) is 0.349. The van der Waals surface area contributed by atoms with Crippen molar-refractivity contribution in [2.45, 2.75) is 6.61 Å². The number of nitrogen functional groups attached to an aromatic ring is 1. The second kappa shape index (κ2) is 8.44. The first-order valence-corrected chi connectivity index (χ1v) is 8.33. The summed E-state index contributed by atoms with van der Waals surface area (Å²) < 4.78 is 18.1. The first-order valence-electron chi connectivity index (χ1n) is 7.96. The lowest BCUT2D eigenvalue weighted by Gasteiger charge is -2.08. The van der Waals surface area contributed by atoms with E-state index < -0.39 is 16.7 Å². The van der Waals surface area contributed by atoms with E-state index in [0.717, 1.165) is 6.07 Å². The molecule has 0 atom stereocenters. The maximum absolute atomic E-state index is 13.0. The predicted octanol–water partition coefficient (Wildman–Crippen LogP) is 3.26. The van der Waals surface area contributed by atoms with E-state index in [1.807, 2.05) is 0 Å². The molecule has 12 heteroatoms. The Bertz CT molecular complexity index is 1080. The third-order valence-corrected chi connectivity index (χ3v) is 3.84. The number of carbonyl (C=O) groups is 1. The van der Waals surface area contributed by atoms with Crippen LogP contribution in [0.25, 0.3) is 0 Å². The van der Waals surface area contributed by atoms with E-state index in [-0.39, 0.29) is 40.6 Å². The van der Waals surface area contributed by atoms with Crippen LogP contribution in [0.15, 0.2) is 42.5 Å². The van der Waals surface area contributed by atoms with Gasteiger partial charge < -0.3 is 15.8 Å². The number of ether oxygens (including phenoxy) is 1. The molecule has 1 aromatic heterocycles. The number of nitrogens with zero attached hydrogens (tertiary/aromatic N) is 4. The normalized spacial score (nSPS) is 10.4. The molecule has 148 valence electrons. The van der Waals surface area contributed by atoms with Crippen molar-refractivity contribution in [2.75, 3.05) is 11.1 Å². The molecule has 1 heterocycles. The Morgan fingerprint density at radius 1 is 1.21 bits per heavy atom. The standard InChI is InChI=1S/C17H12ClFN6O4/c18-13-6-5-11(25(27)28)7-12(13)15(26)29-8-14-22-16(20)24-17(23-14)21-10-3-1-9(19)2-4-10/h1-7H,8H2,(H3,20,21,22,23,24). The fraction of sp³-hybridized carbons (Fsp3) is 0.0588. The van der Waals surface area contributed by atoms with Gasteiger partial charge >= 0.3 is 5.97 Å². The van der Waals surface area contributed by atoms with Crippen LogP contribution in [-0.2, 0) is 11.3 Å². The molecule has 3 aromatic rings. The lowest BCUT2D eigenvalue weighted by Crippen LogP contribution is -2.11. The van der Waals surface area contributed by atoms with E-state index >= 15 is 0 Å². The molecule has 2 aromatic carbocycles. The molecule has 0 aliphatic carbocycles. The predicted molar refractivity (Wildman–Crippen MR) is 101 cm³/mol. The van der Waals surface area contributed by atoms with Crippen LogP contribution >= 0.6 is 11.6 Å². The molecule has 0 radical (unpaired) electrons. The minimum atomic E-state index is -0.897. The van der Waals surface area contributed by atoms with Crippen molar-refractivity contribution in [3.63, 3.8) is 0 Å². The zero-order chi connectivity index (χ0) is 21.0. The van der Waals surface area contributed by atoms with Gasteiger partial charge in [-0.25, -0.2) is 9.18 Å². The lowest BCUT2D eigenvalue weighted by molar-refractivity contribution is -0.384. The summed E-state index contributed by atoms with van der Waals surface area (Å²) in [5, 5.41) is 13.7. The molecular weight excluding hydrogens is 407 g/mol. The van der Waals surface area contributed by atoms with Gasteiger partial charge in [0.2, 0.25) is 11.9 Å². The summed E-state index contributed by atoms with van der Waals surface area (Å²) in [7, 11) is 0. The number of nitrogens with one attached hydrogen (secondary N) is 1. The molecule has 0 aliphatic heterocycles. The number of nitrogens with two attached hydrogens (primary N) is 1. The number of hydrogen-bond acceptors (Lipinski definition) is 9. The molecular formula is C17H12ClFN6O4. The molecule has 3 N–H and O–H groups in total. The fourth-order valence-electron chi connectivity index (χ4n) is 2.21. The largest absolute Gasteiger partial charge is 0.454 e. The van der Waals surface area contributed by atoms with Gasteiger partial charge in [0, 0.05) is 17.8 Å². The minimum Gasteiger partial charge on any atom is -0.454 e. The van der Waals surface area contributed by atoms with E-state index in [9.17, 15) is 19.3 Å². The van der Waals surface area contributed by atoms with Crippen LogP contribution in [0.1, 0.15) is 16.2 Å². The number of esters is 1. The van der Waals surface area contributed by atoms with Crippen LogP contribution in [-0.4, -0.2) is 25.8 Å². The molecule has 0 spiro atoms. The molecule has 0 fully saturated rings. The second-order valence-corrected chi connectivity index (χ2v) is 5.97. The number of nitro groups is 1. The molecule has 0 amide bonds. The second-order valence-electron chi connectivity index (χ2n) is 5.56. The third kappa shape index (κ3) is 5.11. The van der Waals surface area contributed by atoms with Crippen molar-refractivity contribution in [1.29, 1.82) is 0 Å². The van der Waals surface area contributed by atoms with Gasteiger partial charge in [-0.2, -0.15) is 15.0 Å². The Morgan fingerprint density at radius 3 is 2.62 bits per heavy atom. The first kappa shape index (κ1) is 19.9. The van der Waals surface area contributed by atoms with Crippen LogP contribution in [0.5, 0.6) is 0 Å². The number of non-ortho nitro benzene ring substituents is 1. The minimum absolute atomic E-state index is 0.00516. The van der Waals surface area contributed by atoms with Crippen LogP contribution < -0.4 is 11.1 Å². The SMILES string of the molecule is Nc1nc(COC(=O)c2cc([N+](=O)[O-])ccc2Cl)nc(Nc2ccc(F)cc2)n1. The topological polar surface area (TPSA) is 146 Å². The van der Waals surface area contributed by atoms with Gasteiger partial charge in [0.05, 0.1) is 15.5 Å². The fourth-order valence-corrected chi connectivity index (χ4v) is 2.41. The zero-order valence-electron chi connectivity index (χ0n) is 14.5. The molecule has 0 unspecified atom stereocenters. The number of anilines is 3. The summed E-state index contributed by atoms with van der Waals surface area (Å²) in [5.74, 6) is -1.35. The molecule has 10 nitrogen and oxygen atoms in total. The van der Waals surface area contributed by atoms with Crippen molar-refractivity contribution < 1.29 is 18.8 Å². The van der Waals surface area contributed by atoms with Gasteiger partial charge in [0.1, 0.15) is 5.82 Å². The first-order chi connectivity index (χ1) is 13.8. The van der Waals surface area contributed by atoms with Crippen LogP contribution in [0, 0.1) is 15.9 Å². The monoisotopic (exact) mass is 418 g/mol. The van der Waals surface area contributed by atoms with Gasteiger partial charge in [0.25, 0.3) is 5.69 Å². The molecule has 3 rings (SSSR count). The molecule has 29 heavy (non-hydrogen) atoms. The summed E-state index contributed by atoms with van der Waals surface area (Å²) in [6.07, 6.45) is 0. The summed E-state index contributed by atoms with van der Waals surface area (Å²) in [6.45, 7) is -0.386. The number of halogens is 2. The molecule has 0 saturated heterocycles. The average molecular weight is 419 g/mol. The molecule has 0 saturated carbocycles. The zero-order valence-corrected chi connectivity index (χ0v) is 15.3. The number of rotatable bonds is 6. The van der Waals surface area contributed by atoms with E-state index in [1.54, 1.807) is 0 Å². The van der Waals surface area contributed by atoms with E-state index in [2.05, 4.69) is 20.3 Å². The third-order valence-electron chi connectivity index (χ3n) is 3.51. The molecule has 0 aliphatic rings. The number of hydrogen-bond donors (Lipinski definition) is 2. The van der Waals surface area contributed by atoms with Gasteiger partial charge in [0.15, 0.2) is 12.4 Å². The number of aromatic nitrogens is 3.